The first-order valence-corrected chi connectivity index (χ1v) is 17.4. The molecule has 0 aromatic heterocycles. The summed E-state index contributed by atoms with van der Waals surface area (Å²) < 4.78 is 23.2. The van der Waals surface area contributed by atoms with Crippen molar-refractivity contribution in [1.29, 1.82) is 0 Å². The average Bonchev–Trinajstić information content (AvgIpc) is 3.09. The van der Waals surface area contributed by atoms with Crippen molar-refractivity contribution in [3.8, 4) is 5.75 Å². The van der Waals surface area contributed by atoms with E-state index >= 15 is 0 Å². The number of nitrogens with one attached hydrogen (secondary N) is 1. The fraction of sp³-hybridized carbons (Fsp3) is 0.421. The van der Waals surface area contributed by atoms with E-state index in [1.807, 2.05) is 0 Å². The lowest BCUT2D eigenvalue weighted by molar-refractivity contribution is -0.148. The van der Waals surface area contributed by atoms with Gasteiger partial charge in [0.05, 0.1) is 22.9 Å². The monoisotopic (exact) mass is 781 g/mol. The third kappa shape index (κ3) is 7.12. The molecule has 2 aromatic rings. The number of esters is 1. The highest BCUT2D eigenvalue weighted by atomic mass is 19.1. The number of rotatable bonds is 9. The van der Waals surface area contributed by atoms with E-state index in [2.05, 4.69) is 5.32 Å². The number of aromatic hydroxyl groups is 1. The molecular weight excluding hydrogens is 737 g/mol. The molecule has 3 aliphatic rings. The van der Waals surface area contributed by atoms with Crippen molar-refractivity contribution in [3.63, 3.8) is 0 Å². The fourth-order valence-corrected chi connectivity index (χ4v) is 7.58. The number of phenols is 1. The summed E-state index contributed by atoms with van der Waals surface area (Å²) in [6.07, 6.45) is -1.14. The van der Waals surface area contributed by atoms with Crippen LogP contribution < -0.4 is 16.0 Å². The molecule has 17 nitrogen and oxygen atoms in total. The number of nitrogens with zero attached hydrogens (tertiary/aromatic N) is 3. The van der Waals surface area contributed by atoms with Gasteiger partial charge in [-0.05, 0) is 89.5 Å². The van der Waals surface area contributed by atoms with Crippen LogP contribution in [0.3, 0.4) is 0 Å². The van der Waals surface area contributed by atoms with E-state index in [-0.39, 0.29) is 29.7 Å². The number of ether oxygens (including phenoxy) is 2. The number of amides is 3. The quantitative estimate of drug-likeness (QED) is 0.0925. The topological polar surface area (TPSA) is 250 Å². The van der Waals surface area contributed by atoms with E-state index in [9.17, 15) is 53.6 Å². The van der Waals surface area contributed by atoms with E-state index in [1.54, 1.807) is 39.8 Å². The van der Waals surface area contributed by atoms with Gasteiger partial charge in [0.1, 0.15) is 29.5 Å². The van der Waals surface area contributed by atoms with Gasteiger partial charge in [0.25, 0.3) is 5.91 Å². The average molecular weight is 782 g/mol. The molecule has 0 bridgehead atoms. The Morgan fingerprint density at radius 2 is 1.64 bits per heavy atom. The molecule has 0 spiro atoms. The van der Waals surface area contributed by atoms with E-state index in [0.717, 1.165) is 17.0 Å². The number of ketones is 2. The molecule has 300 valence electrons. The Morgan fingerprint density at radius 3 is 2.20 bits per heavy atom. The number of fused-ring (bicyclic) bond motifs is 3. The highest BCUT2D eigenvalue weighted by molar-refractivity contribution is 6.25. The summed E-state index contributed by atoms with van der Waals surface area (Å²) in [5.74, 6) is -10.4. The summed E-state index contributed by atoms with van der Waals surface area (Å²) >= 11 is 0. The number of hydrogen-bond donors (Lipinski definition) is 6. The largest absolute Gasteiger partial charge is 0.510 e. The van der Waals surface area contributed by atoms with Gasteiger partial charge in [-0.15, -0.1) is 0 Å². The first kappa shape index (κ1) is 41.2. The number of likely N-dealkylation sites (N-methyl/N-ethyl adjacent to an activating group) is 1. The fourth-order valence-electron chi connectivity index (χ4n) is 7.58. The normalized spacial score (nSPS) is 21.9. The van der Waals surface area contributed by atoms with Crippen LogP contribution in [-0.2, 0) is 30.3 Å². The van der Waals surface area contributed by atoms with Gasteiger partial charge in [-0.25, -0.2) is 14.0 Å². The van der Waals surface area contributed by atoms with Crippen LogP contribution in [0.2, 0.25) is 0 Å². The van der Waals surface area contributed by atoms with Gasteiger partial charge in [0.15, 0.2) is 17.1 Å². The molecule has 18 heteroatoms. The predicted octanol–water partition coefficient (Wildman–Crippen LogP) is 2.32. The summed E-state index contributed by atoms with van der Waals surface area (Å²) in [5, 5.41) is 48.6. The van der Waals surface area contributed by atoms with Crippen LogP contribution in [0.15, 0.2) is 53.0 Å². The summed E-state index contributed by atoms with van der Waals surface area (Å²) in [4.78, 5) is 83.2. The minimum absolute atomic E-state index is 0.00983. The van der Waals surface area contributed by atoms with Crippen LogP contribution in [-0.4, -0.2) is 124 Å². The second-order valence-corrected chi connectivity index (χ2v) is 15.3. The van der Waals surface area contributed by atoms with Gasteiger partial charge in [-0.1, -0.05) is 0 Å². The first-order valence-electron chi connectivity index (χ1n) is 17.4. The number of allylic oxidation sites excluding steroid dienone is 1. The summed E-state index contributed by atoms with van der Waals surface area (Å²) in [7, 11) is 6.37. The van der Waals surface area contributed by atoms with Crippen molar-refractivity contribution < 1.29 is 63.1 Å². The molecule has 0 saturated heterocycles. The summed E-state index contributed by atoms with van der Waals surface area (Å²) in [6, 6.07) is 4.75. The van der Waals surface area contributed by atoms with Crippen molar-refractivity contribution in [3.05, 3.63) is 75.5 Å². The highest BCUT2D eigenvalue weighted by Gasteiger charge is 2.63. The van der Waals surface area contributed by atoms with Crippen LogP contribution >= 0.6 is 0 Å². The van der Waals surface area contributed by atoms with Crippen LogP contribution in [0.1, 0.15) is 53.5 Å². The number of phenolic OH excluding ortho intramolecular Hbond substituents is 1. The number of hydrogen-bond acceptors (Lipinski definition) is 14. The number of nitrogens with two attached hydrogens (primary N) is 1. The molecule has 0 fully saturated rings. The number of carbonyl (C=O) groups is 6. The Labute approximate surface area is 320 Å². The maximum absolute atomic E-state index is 14.3. The number of aliphatic hydroxyl groups excluding tert-OH is 2. The van der Waals surface area contributed by atoms with Gasteiger partial charge >= 0.3 is 12.1 Å². The van der Waals surface area contributed by atoms with E-state index in [0.29, 0.717) is 11.3 Å². The van der Waals surface area contributed by atoms with Gasteiger partial charge < -0.3 is 45.9 Å². The Morgan fingerprint density at radius 1 is 1.02 bits per heavy atom. The number of primary amides is 1. The summed E-state index contributed by atoms with van der Waals surface area (Å²) in [6.45, 7) is 3.34. The molecule has 56 heavy (non-hydrogen) atoms. The zero-order valence-electron chi connectivity index (χ0n) is 31.8. The molecule has 7 N–H and O–H groups in total. The Hall–Kier alpha value is -6.01. The first-order chi connectivity index (χ1) is 26.0. The number of Topliss-reactive ketones (excluding diaryl/α,β-unsaturated/α-hetero) is 2. The molecule has 2 aromatic carbocycles. The molecular formula is C38H44FN5O12. The van der Waals surface area contributed by atoms with Gasteiger partial charge in [0, 0.05) is 36.8 Å². The lowest BCUT2D eigenvalue weighted by Crippen LogP contribution is -2.63. The van der Waals surface area contributed by atoms with Gasteiger partial charge in [-0.3, -0.25) is 29.0 Å². The molecule has 0 saturated carbocycles. The molecule has 0 heterocycles. The number of benzene rings is 2. The van der Waals surface area contributed by atoms with E-state index < -0.39 is 112 Å². The summed E-state index contributed by atoms with van der Waals surface area (Å²) in [5.41, 5.74) is 0.381. The van der Waals surface area contributed by atoms with Crippen LogP contribution in [0.4, 0.5) is 20.6 Å². The Bertz CT molecular complexity index is 2090. The molecule has 0 unspecified atom stereocenters. The minimum atomic E-state index is -2.83. The standard InChI is InChI=1S/C38H44FN5O12/c1-37(2,3)44(36(53)56-16-55-35(52)17-8-10-19(39)11-9-17)15-24(45)41-22-14-23(42(4)5)20-12-18-13-21-28(43(6)7)31(48)27(34(40)51)33(50)38(21,54)32(49)25(18)30(47)26(20)29(22)46/h8-11,14,18,21,28,46,48-49,54H,12-13,15-16H2,1-7H3,(H2,40,51)(H,41,45)/t18-,21-,28-,38-/m0/s1. The van der Waals surface area contributed by atoms with Crippen molar-refractivity contribution in [2.24, 2.45) is 17.6 Å². The molecule has 0 aliphatic heterocycles. The smallest absolute Gasteiger partial charge is 0.413 e. The second-order valence-electron chi connectivity index (χ2n) is 15.3. The third-order valence-electron chi connectivity index (χ3n) is 10.2. The van der Waals surface area contributed by atoms with Crippen LogP contribution in [0, 0.1) is 17.7 Å². The Balaban J connectivity index is 1.44. The molecule has 4 atom stereocenters. The zero-order chi connectivity index (χ0) is 41.8. The number of carbonyl (C=O) groups excluding carboxylic acids is 6. The van der Waals surface area contributed by atoms with Crippen LogP contribution in [0.25, 0.3) is 0 Å². The highest BCUT2D eigenvalue weighted by Crippen LogP contribution is 2.54. The lowest BCUT2D eigenvalue weighted by atomic mass is 9.58. The number of anilines is 2. The second kappa shape index (κ2) is 14.9. The predicted molar refractivity (Wildman–Crippen MR) is 196 cm³/mol. The molecule has 5 rings (SSSR count). The van der Waals surface area contributed by atoms with Gasteiger partial charge in [-0.2, -0.15) is 0 Å². The SMILES string of the molecule is CN(C)c1cc(NC(=O)CN(C(=O)OCOC(=O)c2ccc(F)cc2)C(C)(C)C)c(O)c2c1C[C@H]1C[C@H]3[C@H](N(C)C)C(O)=C(C(N)=O)C(=O)[C@@]3(O)C(O)=C1C2=O. The van der Waals surface area contributed by atoms with E-state index in [4.69, 9.17) is 15.2 Å². The zero-order valence-corrected chi connectivity index (χ0v) is 31.8. The van der Waals surface area contributed by atoms with Crippen molar-refractivity contribution >= 4 is 46.8 Å². The molecule has 0 radical (unpaired) electrons. The third-order valence-corrected chi connectivity index (χ3v) is 10.2. The van der Waals surface area contributed by atoms with E-state index in [1.165, 1.54) is 37.2 Å². The molecule has 3 amide bonds. The van der Waals surface area contributed by atoms with Gasteiger partial charge in [0.2, 0.25) is 18.5 Å². The van der Waals surface area contributed by atoms with Crippen molar-refractivity contribution in [2.45, 2.75) is 50.8 Å². The number of aliphatic hydroxyl groups is 3. The minimum Gasteiger partial charge on any atom is -0.510 e. The van der Waals surface area contributed by atoms with Crippen LogP contribution in [0.5, 0.6) is 5.75 Å². The van der Waals surface area contributed by atoms with Crippen molar-refractivity contribution in [1.82, 2.24) is 9.80 Å². The lowest BCUT2D eigenvalue weighted by Gasteiger charge is -2.50. The number of halogens is 1. The maximum atomic E-state index is 14.3. The molecule has 3 aliphatic carbocycles. The Kier molecular flexibility index (Phi) is 11.0. The maximum Gasteiger partial charge on any atom is 0.413 e. The van der Waals surface area contributed by atoms with Crippen molar-refractivity contribution in [2.75, 3.05) is 51.7 Å².